The second-order valence-corrected chi connectivity index (χ2v) is 7.46. The molecule has 2 saturated heterocycles. The van der Waals surface area contributed by atoms with Crippen LogP contribution in [0.25, 0.3) is 0 Å². The van der Waals surface area contributed by atoms with E-state index in [2.05, 4.69) is 0 Å². The highest BCUT2D eigenvalue weighted by atomic mass is 19.4. The van der Waals surface area contributed by atoms with Gasteiger partial charge < -0.3 is 14.7 Å². The summed E-state index contributed by atoms with van der Waals surface area (Å²) in [5, 5.41) is 0. The van der Waals surface area contributed by atoms with Gasteiger partial charge in [0.1, 0.15) is 5.82 Å². The van der Waals surface area contributed by atoms with E-state index in [0.29, 0.717) is 32.7 Å². The third-order valence-electron chi connectivity index (χ3n) is 5.46. The van der Waals surface area contributed by atoms with Crippen molar-refractivity contribution in [3.05, 3.63) is 71.0 Å². The average molecular weight is 421 g/mol. The van der Waals surface area contributed by atoms with E-state index in [1.165, 1.54) is 24.3 Å². The van der Waals surface area contributed by atoms with Crippen molar-refractivity contribution in [1.29, 1.82) is 0 Å². The predicted molar refractivity (Wildman–Crippen MR) is 100 cm³/mol. The molecule has 0 N–H and O–H groups in total. The van der Waals surface area contributed by atoms with E-state index < -0.39 is 11.7 Å². The van der Waals surface area contributed by atoms with Gasteiger partial charge >= 0.3 is 12.2 Å². The van der Waals surface area contributed by atoms with Crippen LogP contribution in [0.4, 0.5) is 22.4 Å². The lowest BCUT2D eigenvalue weighted by Crippen LogP contribution is -2.53. The molecule has 2 aliphatic heterocycles. The summed E-state index contributed by atoms with van der Waals surface area (Å²) in [6.07, 6.45) is -4.45. The van der Waals surface area contributed by atoms with Crippen molar-refractivity contribution < 1.29 is 27.2 Å². The second kappa shape index (κ2) is 7.62. The van der Waals surface area contributed by atoms with E-state index in [-0.39, 0.29) is 29.4 Å². The molecule has 2 fully saturated rings. The highest BCUT2D eigenvalue weighted by Gasteiger charge is 2.41. The van der Waals surface area contributed by atoms with Crippen LogP contribution in [0.15, 0.2) is 48.5 Å². The number of carbonyl (C=O) groups excluding carboxylic acids is 2. The van der Waals surface area contributed by atoms with E-state index in [0.717, 1.165) is 17.7 Å². The molecule has 0 bridgehead atoms. The Hall–Kier alpha value is -3.10. The number of piperazine rings is 1. The summed E-state index contributed by atoms with van der Waals surface area (Å²) in [6.45, 7) is 1.75. The molecule has 0 aromatic heterocycles. The van der Waals surface area contributed by atoms with Crippen LogP contribution in [0, 0.1) is 5.82 Å². The number of fused-ring (bicyclic) bond motifs is 1. The molecule has 2 heterocycles. The summed E-state index contributed by atoms with van der Waals surface area (Å²) in [4.78, 5) is 30.3. The first-order valence-corrected chi connectivity index (χ1v) is 9.49. The first-order valence-electron chi connectivity index (χ1n) is 9.49. The third kappa shape index (κ3) is 3.96. The van der Waals surface area contributed by atoms with Gasteiger partial charge in [0.2, 0.25) is 0 Å². The first-order chi connectivity index (χ1) is 14.2. The highest BCUT2D eigenvalue weighted by Crippen LogP contribution is 2.29. The zero-order valence-corrected chi connectivity index (χ0v) is 15.9. The highest BCUT2D eigenvalue weighted by molar-refractivity contribution is 5.94. The maximum Gasteiger partial charge on any atom is 0.416 e. The van der Waals surface area contributed by atoms with Crippen LogP contribution in [0.3, 0.4) is 0 Å². The van der Waals surface area contributed by atoms with Gasteiger partial charge in [-0.3, -0.25) is 4.79 Å². The minimum atomic E-state index is -4.45. The van der Waals surface area contributed by atoms with E-state index in [1.807, 2.05) is 0 Å². The van der Waals surface area contributed by atoms with Gasteiger partial charge in [-0.15, -0.1) is 0 Å². The number of carbonyl (C=O) groups is 2. The molecule has 2 aromatic carbocycles. The van der Waals surface area contributed by atoms with E-state index in [4.69, 9.17) is 0 Å². The number of urea groups is 1. The molecule has 5 nitrogen and oxygen atoms in total. The Morgan fingerprint density at radius 1 is 0.967 bits per heavy atom. The van der Waals surface area contributed by atoms with Gasteiger partial charge in [-0.25, -0.2) is 9.18 Å². The standard InChI is InChI=1S/C21H19F4N3O2/c22-17-7-1-14(2-8-17)11-27-13-18-12-26(9-10-28(18)20(27)30)19(29)15-3-5-16(6-4-15)21(23,24)25/h1-8,18H,9-13H2. The number of alkyl halides is 3. The number of hydrogen-bond acceptors (Lipinski definition) is 2. The van der Waals surface area contributed by atoms with Crippen molar-refractivity contribution in [3.8, 4) is 0 Å². The quantitative estimate of drug-likeness (QED) is 0.711. The molecule has 3 amide bonds. The van der Waals surface area contributed by atoms with Gasteiger partial charge in [0, 0.05) is 38.3 Å². The van der Waals surface area contributed by atoms with Gasteiger partial charge in [0.15, 0.2) is 0 Å². The van der Waals surface area contributed by atoms with Crippen LogP contribution in [0.2, 0.25) is 0 Å². The Bertz CT molecular complexity index is 944. The van der Waals surface area contributed by atoms with Gasteiger partial charge in [-0.2, -0.15) is 13.2 Å². The molecule has 0 aliphatic carbocycles. The van der Waals surface area contributed by atoms with Gasteiger partial charge in [-0.05, 0) is 42.0 Å². The van der Waals surface area contributed by atoms with Crippen LogP contribution in [-0.4, -0.2) is 58.9 Å². The van der Waals surface area contributed by atoms with Crippen LogP contribution in [0.5, 0.6) is 0 Å². The van der Waals surface area contributed by atoms with Crippen molar-refractivity contribution in [2.24, 2.45) is 0 Å². The van der Waals surface area contributed by atoms with Gasteiger partial charge in [0.25, 0.3) is 5.91 Å². The van der Waals surface area contributed by atoms with Crippen LogP contribution < -0.4 is 0 Å². The van der Waals surface area contributed by atoms with E-state index >= 15 is 0 Å². The molecule has 158 valence electrons. The Kier molecular flexibility index (Phi) is 5.13. The number of halogens is 4. The third-order valence-corrected chi connectivity index (χ3v) is 5.46. The van der Waals surface area contributed by atoms with Crippen LogP contribution >= 0.6 is 0 Å². The molecule has 9 heteroatoms. The van der Waals surface area contributed by atoms with E-state index in [1.54, 1.807) is 26.8 Å². The average Bonchev–Trinajstić information content (AvgIpc) is 3.03. The molecule has 1 unspecified atom stereocenters. The van der Waals surface area contributed by atoms with Crippen molar-refractivity contribution in [1.82, 2.24) is 14.7 Å². The Morgan fingerprint density at radius 3 is 2.27 bits per heavy atom. The molecular formula is C21H19F4N3O2. The topological polar surface area (TPSA) is 43.9 Å². The Labute approximate surface area is 170 Å². The number of benzene rings is 2. The lowest BCUT2D eigenvalue weighted by Gasteiger charge is -2.36. The summed E-state index contributed by atoms with van der Waals surface area (Å²) in [5.74, 6) is -0.700. The van der Waals surface area contributed by atoms with E-state index in [9.17, 15) is 27.2 Å². The maximum absolute atomic E-state index is 13.1. The molecule has 0 radical (unpaired) electrons. The zero-order valence-electron chi connectivity index (χ0n) is 15.9. The number of amides is 3. The summed E-state index contributed by atoms with van der Waals surface area (Å²) < 4.78 is 51.2. The van der Waals surface area contributed by atoms with Crippen molar-refractivity contribution in [2.75, 3.05) is 26.2 Å². The summed E-state index contributed by atoms with van der Waals surface area (Å²) in [5.41, 5.74) is 0.188. The molecular weight excluding hydrogens is 402 g/mol. The molecule has 1 atom stereocenters. The number of nitrogens with zero attached hydrogens (tertiary/aromatic N) is 3. The summed E-state index contributed by atoms with van der Waals surface area (Å²) in [6, 6.07) is 9.76. The smallest absolute Gasteiger partial charge is 0.335 e. The monoisotopic (exact) mass is 421 g/mol. The van der Waals surface area contributed by atoms with Crippen molar-refractivity contribution >= 4 is 11.9 Å². The molecule has 4 rings (SSSR count). The van der Waals surface area contributed by atoms with Crippen LogP contribution in [-0.2, 0) is 12.7 Å². The predicted octanol–water partition coefficient (Wildman–Crippen LogP) is 3.61. The molecule has 0 spiro atoms. The fourth-order valence-electron chi connectivity index (χ4n) is 3.89. The SMILES string of the molecule is O=C(c1ccc(C(F)(F)F)cc1)N1CCN2C(=O)N(Cc3ccc(F)cc3)CC2C1. The largest absolute Gasteiger partial charge is 0.416 e. The minimum absolute atomic E-state index is 0.133. The van der Waals surface area contributed by atoms with Crippen molar-refractivity contribution in [2.45, 2.75) is 18.8 Å². The fraction of sp³-hybridized carbons (Fsp3) is 0.333. The number of rotatable bonds is 3. The van der Waals surface area contributed by atoms with Gasteiger partial charge in [0.05, 0.1) is 11.6 Å². The zero-order chi connectivity index (χ0) is 21.5. The Balaban J connectivity index is 1.41. The number of hydrogen-bond donors (Lipinski definition) is 0. The normalized spacial score (nSPS) is 19.3. The maximum atomic E-state index is 13.1. The minimum Gasteiger partial charge on any atom is -0.335 e. The molecule has 0 saturated carbocycles. The van der Waals surface area contributed by atoms with Crippen molar-refractivity contribution in [3.63, 3.8) is 0 Å². The summed E-state index contributed by atoms with van der Waals surface area (Å²) >= 11 is 0. The molecule has 2 aromatic rings. The lowest BCUT2D eigenvalue weighted by atomic mass is 10.1. The fourth-order valence-corrected chi connectivity index (χ4v) is 3.89. The lowest BCUT2D eigenvalue weighted by molar-refractivity contribution is -0.137. The molecule has 2 aliphatic rings. The van der Waals surface area contributed by atoms with Crippen LogP contribution in [0.1, 0.15) is 21.5 Å². The first kappa shape index (κ1) is 20.2. The second-order valence-electron chi connectivity index (χ2n) is 7.46. The summed E-state index contributed by atoms with van der Waals surface area (Å²) in [7, 11) is 0. The molecule has 30 heavy (non-hydrogen) atoms. The Morgan fingerprint density at radius 2 is 1.63 bits per heavy atom. The van der Waals surface area contributed by atoms with Gasteiger partial charge in [-0.1, -0.05) is 12.1 Å².